The Balaban J connectivity index is 1.58. The summed E-state index contributed by atoms with van der Waals surface area (Å²) in [7, 11) is 1.81. The van der Waals surface area contributed by atoms with E-state index in [4.69, 9.17) is 9.84 Å². The number of likely N-dealkylation sites (N-methyl/N-ethyl adjacent to an activating group) is 1. The molecule has 124 valence electrons. The number of hydrogen-bond acceptors (Lipinski definition) is 5. The number of hydrogen-bond donors (Lipinski definition) is 1. The van der Waals surface area contributed by atoms with Crippen LogP contribution in [-0.2, 0) is 11.3 Å². The molecule has 0 radical (unpaired) electrons. The summed E-state index contributed by atoms with van der Waals surface area (Å²) in [6, 6.07) is 2.09. The third-order valence-electron chi connectivity index (χ3n) is 4.48. The fourth-order valence-electron chi connectivity index (χ4n) is 3.33. The summed E-state index contributed by atoms with van der Waals surface area (Å²) >= 11 is 1.71. The summed E-state index contributed by atoms with van der Waals surface area (Å²) in [5.41, 5.74) is 0.685. The van der Waals surface area contributed by atoms with Crippen molar-refractivity contribution in [3.8, 4) is 11.8 Å². The number of amides is 1. The van der Waals surface area contributed by atoms with Crippen molar-refractivity contribution in [2.45, 2.75) is 31.4 Å². The van der Waals surface area contributed by atoms with Gasteiger partial charge in [0.2, 0.25) is 0 Å². The maximum absolute atomic E-state index is 11.7. The number of rotatable bonds is 2. The third-order valence-corrected chi connectivity index (χ3v) is 5.40. The number of ether oxygens (including phenoxy) is 1. The molecule has 1 aromatic heterocycles. The van der Waals surface area contributed by atoms with E-state index in [9.17, 15) is 4.79 Å². The molecule has 0 saturated carbocycles. The quantitative estimate of drug-likeness (QED) is 0.840. The second-order valence-corrected chi connectivity index (χ2v) is 7.29. The van der Waals surface area contributed by atoms with Gasteiger partial charge in [-0.1, -0.05) is 11.8 Å². The Hall–Kier alpha value is -1.55. The van der Waals surface area contributed by atoms with E-state index in [1.165, 1.54) is 4.88 Å². The summed E-state index contributed by atoms with van der Waals surface area (Å²) in [5.74, 6) is 5.62. The standard InChI is InChI=1S/C17H22N2O3S/c1-18-13-17(22-16(18)21)5-3-7-19(8-6-17)11-15-10-14(12-23-15)4-2-9-20/h10,12,20H,3,5-9,11,13H2,1H3. The van der Waals surface area contributed by atoms with E-state index in [2.05, 4.69) is 22.8 Å². The first-order valence-electron chi connectivity index (χ1n) is 7.94. The molecule has 0 aliphatic carbocycles. The van der Waals surface area contributed by atoms with Gasteiger partial charge in [0.1, 0.15) is 12.2 Å². The molecular weight excluding hydrogens is 312 g/mol. The van der Waals surface area contributed by atoms with Gasteiger partial charge in [-0.3, -0.25) is 4.90 Å². The minimum Gasteiger partial charge on any atom is -0.441 e. The van der Waals surface area contributed by atoms with E-state index in [0.717, 1.165) is 44.5 Å². The summed E-state index contributed by atoms with van der Waals surface area (Å²) < 4.78 is 5.65. The van der Waals surface area contributed by atoms with Crippen LogP contribution in [-0.4, -0.2) is 59.9 Å². The Morgan fingerprint density at radius 1 is 1.43 bits per heavy atom. The second kappa shape index (κ2) is 6.91. The highest BCUT2D eigenvalue weighted by atomic mass is 32.1. The zero-order chi connectivity index (χ0) is 16.3. The number of likely N-dealkylation sites (tertiary alicyclic amines) is 1. The van der Waals surface area contributed by atoms with Crippen LogP contribution in [0.4, 0.5) is 4.79 Å². The van der Waals surface area contributed by atoms with E-state index in [-0.39, 0.29) is 18.3 Å². The largest absolute Gasteiger partial charge is 0.441 e. The molecule has 0 aromatic carbocycles. The van der Waals surface area contributed by atoms with Crippen molar-refractivity contribution in [1.82, 2.24) is 9.80 Å². The molecule has 2 aliphatic heterocycles. The van der Waals surface area contributed by atoms with Crippen molar-refractivity contribution < 1.29 is 14.6 Å². The van der Waals surface area contributed by atoms with E-state index >= 15 is 0 Å². The van der Waals surface area contributed by atoms with Gasteiger partial charge in [0, 0.05) is 42.4 Å². The molecule has 23 heavy (non-hydrogen) atoms. The average Bonchev–Trinajstić information content (AvgIpc) is 3.01. The van der Waals surface area contributed by atoms with Crippen molar-refractivity contribution >= 4 is 17.4 Å². The first-order chi connectivity index (χ1) is 11.1. The number of carbonyl (C=O) groups is 1. The maximum Gasteiger partial charge on any atom is 0.410 e. The van der Waals surface area contributed by atoms with Crippen molar-refractivity contribution in [3.05, 3.63) is 21.9 Å². The van der Waals surface area contributed by atoms with E-state index in [1.807, 2.05) is 5.38 Å². The molecule has 1 spiro atoms. The molecule has 1 aromatic rings. The van der Waals surface area contributed by atoms with Gasteiger partial charge in [0.25, 0.3) is 0 Å². The topological polar surface area (TPSA) is 53.0 Å². The Kier molecular flexibility index (Phi) is 4.90. The van der Waals surface area contributed by atoms with Crippen LogP contribution in [0.25, 0.3) is 0 Å². The van der Waals surface area contributed by atoms with Gasteiger partial charge in [-0.25, -0.2) is 4.79 Å². The molecule has 0 bridgehead atoms. The lowest BCUT2D eigenvalue weighted by molar-refractivity contribution is 0.0443. The molecule has 1 amide bonds. The average molecular weight is 334 g/mol. The Morgan fingerprint density at radius 3 is 3.04 bits per heavy atom. The lowest BCUT2D eigenvalue weighted by atomic mass is 9.95. The maximum atomic E-state index is 11.7. The monoisotopic (exact) mass is 334 g/mol. The van der Waals surface area contributed by atoms with Crippen LogP contribution in [0.5, 0.6) is 0 Å². The zero-order valence-electron chi connectivity index (χ0n) is 13.4. The fourth-order valence-corrected chi connectivity index (χ4v) is 4.18. The number of aliphatic hydroxyl groups excluding tert-OH is 1. The summed E-state index contributed by atoms with van der Waals surface area (Å²) in [4.78, 5) is 17.1. The van der Waals surface area contributed by atoms with Crippen molar-refractivity contribution in [2.75, 3.05) is 33.3 Å². The minimum absolute atomic E-state index is 0.105. The lowest BCUT2D eigenvalue weighted by Gasteiger charge is -2.25. The SMILES string of the molecule is CN1CC2(CCCN(Cc3cc(C#CCO)cs3)CC2)OC1=O. The smallest absolute Gasteiger partial charge is 0.410 e. The van der Waals surface area contributed by atoms with E-state index in [0.29, 0.717) is 6.54 Å². The number of carbonyl (C=O) groups excluding carboxylic acids is 1. The predicted molar refractivity (Wildman–Crippen MR) is 89.3 cm³/mol. The Bertz CT molecular complexity index is 633. The van der Waals surface area contributed by atoms with Crippen LogP contribution >= 0.6 is 11.3 Å². The molecule has 2 aliphatic rings. The summed E-state index contributed by atoms with van der Waals surface area (Å²) in [5, 5.41) is 10.8. The number of thiophene rings is 1. The van der Waals surface area contributed by atoms with E-state index < -0.39 is 0 Å². The van der Waals surface area contributed by atoms with Crippen LogP contribution in [0, 0.1) is 11.8 Å². The van der Waals surface area contributed by atoms with Crippen LogP contribution < -0.4 is 0 Å². The van der Waals surface area contributed by atoms with E-state index in [1.54, 1.807) is 23.3 Å². The Morgan fingerprint density at radius 2 is 2.30 bits per heavy atom. The molecule has 6 heteroatoms. The number of aliphatic hydroxyl groups is 1. The lowest BCUT2D eigenvalue weighted by Crippen LogP contribution is -2.35. The fraction of sp³-hybridized carbons (Fsp3) is 0.588. The molecule has 5 nitrogen and oxygen atoms in total. The van der Waals surface area contributed by atoms with Crippen LogP contribution in [0.15, 0.2) is 11.4 Å². The molecule has 1 N–H and O–H groups in total. The highest BCUT2D eigenvalue weighted by molar-refractivity contribution is 7.10. The zero-order valence-corrected chi connectivity index (χ0v) is 14.2. The molecule has 1 unspecified atom stereocenters. The molecule has 3 rings (SSSR count). The van der Waals surface area contributed by atoms with Crippen molar-refractivity contribution in [3.63, 3.8) is 0 Å². The third kappa shape index (κ3) is 3.86. The molecular formula is C17H22N2O3S. The second-order valence-electron chi connectivity index (χ2n) is 6.30. The first-order valence-corrected chi connectivity index (χ1v) is 8.82. The minimum atomic E-state index is -0.284. The first kappa shape index (κ1) is 16.3. The molecule has 1 atom stereocenters. The predicted octanol–water partition coefficient (Wildman–Crippen LogP) is 1.90. The molecule has 2 saturated heterocycles. The molecule has 3 heterocycles. The van der Waals surface area contributed by atoms with Gasteiger partial charge in [-0.15, -0.1) is 11.3 Å². The highest BCUT2D eigenvalue weighted by Crippen LogP contribution is 2.33. The van der Waals surface area contributed by atoms with Gasteiger partial charge >= 0.3 is 6.09 Å². The Labute approximate surface area is 140 Å². The van der Waals surface area contributed by atoms with Crippen molar-refractivity contribution in [1.29, 1.82) is 0 Å². The summed E-state index contributed by atoms with van der Waals surface area (Å²) in [6.07, 6.45) is 2.69. The number of nitrogens with zero attached hydrogens (tertiary/aromatic N) is 2. The summed E-state index contributed by atoms with van der Waals surface area (Å²) in [6.45, 7) is 3.48. The van der Waals surface area contributed by atoms with Gasteiger partial charge in [-0.2, -0.15) is 0 Å². The van der Waals surface area contributed by atoms with Gasteiger partial charge in [0.05, 0.1) is 6.54 Å². The highest BCUT2D eigenvalue weighted by Gasteiger charge is 2.44. The van der Waals surface area contributed by atoms with Gasteiger partial charge < -0.3 is 14.7 Å². The van der Waals surface area contributed by atoms with Gasteiger partial charge in [-0.05, 0) is 25.5 Å². The normalized spacial score (nSPS) is 25.1. The van der Waals surface area contributed by atoms with Crippen molar-refractivity contribution in [2.24, 2.45) is 0 Å². The van der Waals surface area contributed by atoms with Gasteiger partial charge in [0.15, 0.2) is 0 Å². The van der Waals surface area contributed by atoms with Crippen LogP contribution in [0.1, 0.15) is 29.7 Å². The molecule has 2 fully saturated rings. The van der Waals surface area contributed by atoms with Crippen LogP contribution in [0.2, 0.25) is 0 Å². The van der Waals surface area contributed by atoms with Crippen LogP contribution in [0.3, 0.4) is 0 Å².